The van der Waals surface area contributed by atoms with Gasteiger partial charge in [-0.25, -0.2) is 0 Å². The lowest BCUT2D eigenvalue weighted by atomic mass is 9.77. The summed E-state index contributed by atoms with van der Waals surface area (Å²) in [5, 5.41) is 0. The van der Waals surface area contributed by atoms with Crippen molar-refractivity contribution >= 4 is 0 Å². The van der Waals surface area contributed by atoms with Gasteiger partial charge in [0.15, 0.2) is 0 Å². The third-order valence-electron chi connectivity index (χ3n) is 7.58. The van der Waals surface area contributed by atoms with Crippen LogP contribution in [0.25, 0.3) is 0 Å². The minimum Gasteiger partial charge on any atom is -0.0730 e. The van der Waals surface area contributed by atoms with Crippen molar-refractivity contribution in [1.29, 1.82) is 0 Å². The fourth-order valence-corrected chi connectivity index (χ4v) is 5.40. The average Bonchev–Trinajstić information content (AvgIpc) is 2.78. The van der Waals surface area contributed by atoms with Crippen LogP contribution < -0.4 is 0 Å². The number of hydrogen-bond acceptors (Lipinski definition) is 0. The van der Waals surface area contributed by atoms with Gasteiger partial charge < -0.3 is 0 Å². The number of rotatable bonds is 7. The zero-order chi connectivity index (χ0) is 20.3. The van der Waals surface area contributed by atoms with Gasteiger partial charge >= 0.3 is 0 Å². The minimum atomic E-state index is 0.756. The van der Waals surface area contributed by atoms with Crippen molar-refractivity contribution in [1.82, 2.24) is 0 Å². The fraction of sp³-hybridized carbons (Fsp3) is 0.655. The molecule has 0 aliphatic heterocycles. The summed E-state index contributed by atoms with van der Waals surface area (Å²) in [5.41, 5.74) is 2.69. The maximum absolute atomic E-state index is 3.33. The minimum absolute atomic E-state index is 0.756. The van der Waals surface area contributed by atoms with E-state index in [1.807, 2.05) is 0 Å². The van der Waals surface area contributed by atoms with Crippen molar-refractivity contribution < 1.29 is 0 Å². The molecule has 0 heterocycles. The van der Waals surface area contributed by atoms with Gasteiger partial charge in [-0.1, -0.05) is 76.0 Å². The third-order valence-corrected chi connectivity index (χ3v) is 7.58. The van der Waals surface area contributed by atoms with Gasteiger partial charge in [0.05, 0.1) is 0 Å². The van der Waals surface area contributed by atoms with E-state index in [9.17, 15) is 0 Å². The monoisotopic (exact) mass is 390 g/mol. The molecule has 3 rings (SSSR count). The van der Waals surface area contributed by atoms with E-state index < -0.39 is 0 Å². The summed E-state index contributed by atoms with van der Waals surface area (Å²) >= 11 is 0. The van der Waals surface area contributed by atoms with Crippen molar-refractivity contribution in [3.8, 4) is 11.8 Å². The van der Waals surface area contributed by atoms with Crippen LogP contribution in [0.4, 0.5) is 0 Å². The number of unbranched alkanes of at least 4 members (excludes halogenated alkanes) is 2. The lowest BCUT2D eigenvalue weighted by molar-refractivity contribution is 0.303. The van der Waals surface area contributed by atoms with Gasteiger partial charge in [0.2, 0.25) is 0 Å². The lowest BCUT2D eigenvalue weighted by Gasteiger charge is -2.29. The molecule has 2 aliphatic carbocycles. The standard InChI is InChI=1S/C29H42/c1-3-5-6-9-26-16-20-28(21-17-26)29-22-18-27(19-23-29)11-8-7-10-25-14-12-24(4-2)13-15-25/h7,10,18-19,22-26,28H,3-6,9,12-17,20-21H2,1-2H3/t24-,25-,26-,28-. The quantitative estimate of drug-likeness (QED) is 0.323. The van der Waals surface area contributed by atoms with Crippen molar-refractivity contribution in [3.05, 3.63) is 47.5 Å². The van der Waals surface area contributed by atoms with Gasteiger partial charge in [0, 0.05) is 5.56 Å². The second-order valence-electron chi connectivity index (χ2n) is 9.65. The SMILES string of the molecule is CCCCC[C@H]1CC[C@H](c2ccc(C#CC=C[C@H]3CC[C@H](CC)CC3)cc2)CC1. The maximum atomic E-state index is 3.33. The van der Waals surface area contributed by atoms with E-state index in [0.717, 1.165) is 29.2 Å². The second-order valence-corrected chi connectivity index (χ2v) is 9.65. The second kappa shape index (κ2) is 12.3. The molecule has 1 aromatic carbocycles. The first-order valence-corrected chi connectivity index (χ1v) is 12.6. The Kier molecular flexibility index (Phi) is 9.40. The first kappa shape index (κ1) is 22.2. The van der Waals surface area contributed by atoms with E-state index in [1.54, 1.807) is 0 Å². The van der Waals surface area contributed by atoms with E-state index in [2.05, 4.69) is 62.1 Å². The summed E-state index contributed by atoms with van der Waals surface area (Å²) in [4.78, 5) is 0. The Morgan fingerprint density at radius 3 is 2.17 bits per heavy atom. The molecule has 0 radical (unpaired) electrons. The molecule has 0 saturated heterocycles. The Labute approximate surface area is 180 Å². The smallest absolute Gasteiger partial charge is 0.0249 e. The Morgan fingerprint density at radius 2 is 1.52 bits per heavy atom. The molecule has 0 atom stereocenters. The van der Waals surface area contributed by atoms with Crippen molar-refractivity contribution in [2.45, 2.75) is 103 Å². The molecule has 0 aromatic heterocycles. The van der Waals surface area contributed by atoms with Crippen LogP contribution in [0, 0.1) is 29.6 Å². The van der Waals surface area contributed by atoms with Crippen LogP contribution >= 0.6 is 0 Å². The Balaban J connectivity index is 1.42. The molecule has 158 valence electrons. The fourth-order valence-electron chi connectivity index (χ4n) is 5.40. The molecule has 0 bridgehead atoms. The Morgan fingerprint density at radius 1 is 0.828 bits per heavy atom. The van der Waals surface area contributed by atoms with Crippen LogP contribution in [-0.4, -0.2) is 0 Å². The molecule has 2 aliphatic rings. The van der Waals surface area contributed by atoms with E-state index in [-0.39, 0.29) is 0 Å². The maximum Gasteiger partial charge on any atom is 0.0249 e. The zero-order valence-corrected chi connectivity index (χ0v) is 19.0. The predicted molar refractivity (Wildman–Crippen MR) is 127 cm³/mol. The average molecular weight is 391 g/mol. The van der Waals surface area contributed by atoms with Crippen molar-refractivity contribution in [2.24, 2.45) is 17.8 Å². The predicted octanol–water partition coefficient (Wildman–Crippen LogP) is 8.66. The van der Waals surface area contributed by atoms with Crippen molar-refractivity contribution in [2.75, 3.05) is 0 Å². The van der Waals surface area contributed by atoms with Gasteiger partial charge in [-0.2, -0.15) is 0 Å². The van der Waals surface area contributed by atoms with E-state index in [1.165, 1.54) is 89.0 Å². The molecule has 0 unspecified atom stereocenters. The molecular weight excluding hydrogens is 348 g/mol. The first-order chi connectivity index (χ1) is 14.3. The number of allylic oxidation sites excluding steroid dienone is 2. The summed E-state index contributed by atoms with van der Waals surface area (Å²) < 4.78 is 0. The molecule has 0 spiro atoms. The van der Waals surface area contributed by atoms with Crippen LogP contribution in [0.1, 0.15) is 114 Å². The lowest BCUT2D eigenvalue weighted by Crippen LogP contribution is -2.13. The summed E-state index contributed by atoms with van der Waals surface area (Å²) in [6.07, 6.45) is 22.6. The number of hydrogen-bond donors (Lipinski definition) is 0. The summed E-state index contributed by atoms with van der Waals surface area (Å²) in [7, 11) is 0. The summed E-state index contributed by atoms with van der Waals surface area (Å²) in [6.45, 7) is 4.64. The van der Waals surface area contributed by atoms with E-state index in [0.29, 0.717) is 0 Å². The van der Waals surface area contributed by atoms with E-state index >= 15 is 0 Å². The third kappa shape index (κ3) is 7.37. The molecule has 0 amide bonds. The Hall–Kier alpha value is -1.48. The zero-order valence-electron chi connectivity index (χ0n) is 19.0. The highest BCUT2D eigenvalue weighted by Crippen LogP contribution is 2.37. The van der Waals surface area contributed by atoms with Crippen molar-refractivity contribution in [3.63, 3.8) is 0 Å². The number of benzene rings is 1. The molecule has 0 N–H and O–H groups in total. The summed E-state index contributed by atoms with van der Waals surface area (Å²) in [6, 6.07) is 9.13. The van der Waals surface area contributed by atoms with Crippen LogP contribution in [-0.2, 0) is 0 Å². The highest BCUT2D eigenvalue weighted by Gasteiger charge is 2.22. The van der Waals surface area contributed by atoms with Gasteiger partial charge in [-0.05, 0) is 98.8 Å². The highest BCUT2D eigenvalue weighted by atomic mass is 14.3. The van der Waals surface area contributed by atoms with Gasteiger partial charge in [-0.15, -0.1) is 0 Å². The molecule has 29 heavy (non-hydrogen) atoms. The molecule has 1 aromatic rings. The van der Waals surface area contributed by atoms with Gasteiger partial charge in [0.25, 0.3) is 0 Å². The van der Waals surface area contributed by atoms with Crippen LogP contribution in [0.2, 0.25) is 0 Å². The van der Waals surface area contributed by atoms with Crippen LogP contribution in [0.3, 0.4) is 0 Å². The molecule has 0 heteroatoms. The molecule has 2 fully saturated rings. The highest BCUT2D eigenvalue weighted by molar-refractivity contribution is 5.39. The van der Waals surface area contributed by atoms with Crippen LogP contribution in [0.15, 0.2) is 36.4 Å². The molecule has 2 saturated carbocycles. The molecule has 0 nitrogen and oxygen atoms in total. The normalized spacial score (nSPS) is 27.5. The largest absolute Gasteiger partial charge is 0.0730 e. The van der Waals surface area contributed by atoms with Crippen LogP contribution in [0.5, 0.6) is 0 Å². The summed E-state index contributed by atoms with van der Waals surface area (Å²) in [5.74, 6) is 10.1. The first-order valence-electron chi connectivity index (χ1n) is 12.6. The van der Waals surface area contributed by atoms with Gasteiger partial charge in [0.1, 0.15) is 0 Å². The van der Waals surface area contributed by atoms with Gasteiger partial charge in [-0.3, -0.25) is 0 Å². The topological polar surface area (TPSA) is 0 Å². The Bertz CT molecular complexity index is 652. The molecular formula is C29H42. The van der Waals surface area contributed by atoms with E-state index in [4.69, 9.17) is 0 Å².